The summed E-state index contributed by atoms with van der Waals surface area (Å²) in [6.45, 7) is 10.5. The van der Waals surface area contributed by atoms with Gasteiger partial charge in [0.2, 0.25) is 0 Å². The first-order chi connectivity index (χ1) is 9.04. The molecule has 0 aliphatic carbocycles. The summed E-state index contributed by atoms with van der Waals surface area (Å²) in [5, 5.41) is 4.24. The Morgan fingerprint density at radius 1 is 1.26 bits per heavy atom. The van der Waals surface area contributed by atoms with Gasteiger partial charge in [0, 0.05) is 16.6 Å². The van der Waals surface area contributed by atoms with Crippen molar-refractivity contribution in [3.63, 3.8) is 0 Å². The van der Waals surface area contributed by atoms with Crippen LogP contribution in [0.2, 0.25) is 5.02 Å². The maximum Gasteiger partial charge on any atom is 0.124 e. The summed E-state index contributed by atoms with van der Waals surface area (Å²) < 4.78 is 5.91. The number of benzene rings is 1. The van der Waals surface area contributed by atoms with Crippen molar-refractivity contribution in [3.05, 3.63) is 28.8 Å². The Morgan fingerprint density at radius 2 is 2.00 bits per heavy atom. The van der Waals surface area contributed by atoms with Gasteiger partial charge in [-0.25, -0.2) is 0 Å². The topological polar surface area (TPSA) is 21.3 Å². The molecule has 3 heteroatoms. The third-order valence-corrected chi connectivity index (χ3v) is 3.33. The average Bonchev–Trinajstić information content (AvgIpc) is 2.37. The molecular formula is C16H26ClNO. The molecule has 0 amide bonds. The number of hydrogen-bond acceptors (Lipinski definition) is 2. The van der Waals surface area contributed by atoms with E-state index < -0.39 is 0 Å². The highest BCUT2D eigenvalue weighted by molar-refractivity contribution is 6.30. The van der Waals surface area contributed by atoms with Crippen molar-refractivity contribution in [1.29, 1.82) is 0 Å². The van der Waals surface area contributed by atoms with Gasteiger partial charge in [0.1, 0.15) is 5.75 Å². The molecule has 0 saturated heterocycles. The van der Waals surface area contributed by atoms with Gasteiger partial charge in [-0.15, -0.1) is 0 Å². The fourth-order valence-electron chi connectivity index (χ4n) is 1.86. The minimum absolute atomic E-state index is 0.257. The van der Waals surface area contributed by atoms with E-state index in [2.05, 4.69) is 33.0 Å². The van der Waals surface area contributed by atoms with E-state index in [1.807, 2.05) is 18.2 Å². The standard InChI is InChI=1S/C16H26ClNO/c1-5-9-18-13(4)15-11-14(17)6-7-16(15)19-10-8-12(2)3/h6-7,11-13,18H,5,8-10H2,1-4H3. The van der Waals surface area contributed by atoms with E-state index in [-0.39, 0.29) is 6.04 Å². The first-order valence-corrected chi connectivity index (χ1v) is 7.58. The highest BCUT2D eigenvalue weighted by atomic mass is 35.5. The summed E-state index contributed by atoms with van der Waals surface area (Å²) in [7, 11) is 0. The lowest BCUT2D eigenvalue weighted by Gasteiger charge is -2.19. The maximum atomic E-state index is 6.10. The van der Waals surface area contributed by atoms with Gasteiger partial charge in [0.25, 0.3) is 0 Å². The van der Waals surface area contributed by atoms with E-state index in [0.29, 0.717) is 5.92 Å². The second-order valence-electron chi connectivity index (χ2n) is 5.39. The zero-order valence-electron chi connectivity index (χ0n) is 12.5. The zero-order valence-corrected chi connectivity index (χ0v) is 13.3. The Kier molecular flexibility index (Phi) is 7.25. The van der Waals surface area contributed by atoms with Gasteiger partial charge in [-0.2, -0.15) is 0 Å². The predicted octanol–water partition coefficient (Wildman–Crippen LogP) is 4.83. The second kappa shape index (κ2) is 8.44. The molecule has 2 nitrogen and oxygen atoms in total. The SMILES string of the molecule is CCCNC(C)c1cc(Cl)ccc1OCCC(C)C. The van der Waals surface area contributed by atoms with Crippen LogP contribution in [0.15, 0.2) is 18.2 Å². The summed E-state index contributed by atoms with van der Waals surface area (Å²) in [6, 6.07) is 6.12. The third kappa shape index (κ3) is 5.84. The van der Waals surface area contributed by atoms with Gasteiger partial charge < -0.3 is 10.1 Å². The van der Waals surface area contributed by atoms with Crippen molar-refractivity contribution in [1.82, 2.24) is 5.32 Å². The minimum Gasteiger partial charge on any atom is -0.493 e. The summed E-state index contributed by atoms with van der Waals surface area (Å²) >= 11 is 6.10. The molecule has 1 rings (SSSR count). The monoisotopic (exact) mass is 283 g/mol. The number of rotatable bonds is 8. The lowest BCUT2D eigenvalue weighted by Crippen LogP contribution is -2.20. The van der Waals surface area contributed by atoms with Crippen molar-refractivity contribution in [2.75, 3.05) is 13.2 Å². The maximum absolute atomic E-state index is 6.10. The van der Waals surface area contributed by atoms with Gasteiger partial charge in [0.15, 0.2) is 0 Å². The van der Waals surface area contributed by atoms with Crippen LogP contribution in [0.4, 0.5) is 0 Å². The Labute approximate surface area is 122 Å². The van der Waals surface area contributed by atoms with E-state index in [1.54, 1.807) is 0 Å². The molecule has 0 aliphatic rings. The van der Waals surface area contributed by atoms with E-state index in [9.17, 15) is 0 Å². The van der Waals surface area contributed by atoms with E-state index >= 15 is 0 Å². The van der Waals surface area contributed by atoms with E-state index in [4.69, 9.17) is 16.3 Å². The third-order valence-electron chi connectivity index (χ3n) is 3.09. The van der Waals surface area contributed by atoms with Crippen molar-refractivity contribution in [2.24, 2.45) is 5.92 Å². The number of halogens is 1. The molecule has 0 aliphatic heterocycles. The molecule has 19 heavy (non-hydrogen) atoms. The molecular weight excluding hydrogens is 258 g/mol. The quantitative estimate of drug-likeness (QED) is 0.738. The molecule has 1 aromatic carbocycles. The zero-order chi connectivity index (χ0) is 14.3. The highest BCUT2D eigenvalue weighted by Crippen LogP contribution is 2.28. The van der Waals surface area contributed by atoms with E-state index in [0.717, 1.165) is 42.3 Å². The molecule has 1 N–H and O–H groups in total. The molecule has 0 heterocycles. The van der Waals surface area contributed by atoms with Crippen LogP contribution in [0, 0.1) is 5.92 Å². The Hall–Kier alpha value is -0.730. The van der Waals surface area contributed by atoms with Gasteiger partial charge in [-0.3, -0.25) is 0 Å². The van der Waals surface area contributed by atoms with Crippen molar-refractivity contribution >= 4 is 11.6 Å². The fourth-order valence-corrected chi connectivity index (χ4v) is 2.05. The van der Waals surface area contributed by atoms with E-state index in [1.165, 1.54) is 0 Å². The Bertz CT molecular complexity index is 379. The van der Waals surface area contributed by atoms with Crippen LogP contribution in [-0.4, -0.2) is 13.2 Å². The lowest BCUT2D eigenvalue weighted by molar-refractivity contribution is 0.284. The second-order valence-corrected chi connectivity index (χ2v) is 5.83. The summed E-state index contributed by atoms with van der Waals surface area (Å²) in [5.74, 6) is 1.60. The van der Waals surface area contributed by atoms with Gasteiger partial charge in [-0.1, -0.05) is 32.4 Å². The largest absolute Gasteiger partial charge is 0.493 e. The average molecular weight is 284 g/mol. The molecule has 1 atom stereocenters. The highest BCUT2D eigenvalue weighted by Gasteiger charge is 2.12. The fraction of sp³-hybridized carbons (Fsp3) is 0.625. The molecule has 0 spiro atoms. The van der Waals surface area contributed by atoms with Gasteiger partial charge >= 0.3 is 0 Å². The molecule has 1 unspecified atom stereocenters. The van der Waals surface area contributed by atoms with Crippen LogP contribution in [0.5, 0.6) is 5.75 Å². The molecule has 0 bridgehead atoms. The van der Waals surface area contributed by atoms with Crippen molar-refractivity contribution in [3.8, 4) is 5.75 Å². The number of ether oxygens (including phenoxy) is 1. The number of nitrogens with one attached hydrogen (secondary N) is 1. The normalized spacial score (nSPS) is 12.7. The first-order valence-electron chi connectivity index (χ1n) is 7.20. The Balaban J connectivity index is 2.73. The van der Waals surface area contributed by atoms with Crippen molar-refractivity contribution in [2.45, 2.75) is 46.6 Å². The summed E-state index contributed by atoms with van der Waals surface area (Å²) in [4.78, 5) is 0. The molecule has 0 saturated carbocycles. The minimum atomic E-state index is 0.257. The summed E-state index contributed by atoms with van der Waals surface area (Å²) in [6.07, 6.45) is 2.19. The summed E-state index contributed by atoms with van der Waals surface area (Å²) in [5.41, 5.74) is 1.14. The van der Waals surface area contributed by atoms with Crippen LogP contribution < -0.4 is 10.1 Å². The lowest BCUT2D eigenvalue weighted by atomic mass is 10.1. The molecule has 0 radical (unpaired) electrons. The van der Waals surface area contributed by atoms with Crippen LogP contribution in [0.25, 0.3) is 0 Å². The van der Waals surface area contributed by atoms with Crippen molar-refractivity contribution < 1.29 is 4.74 Å². The Morgan fingerprint density at radius 3 is 2.63 bits per heavy atom. The molecule has 0 aromatic heterocycles. The molecule has 108 valence electrons. The van der Waals surface area contributed by atoms with Crippen LogP contribution in [0.1, 0.15) is 52.1 Å². The van der Waals surface area contributed by atoms with Crippen LogP contribution in [0.3, 0.4) is 0 Å². The molecule has 0 fully saturated rings. The van der Waals surface area contributed by atoms with Crippen LogP contribution >= 0.6 is 11.6 Å². The smallest absolute Gasteiger partial charge is 0.124 e. The predicted molar refractivity (Wildman–Crippen MR) is 83.1 cm³/mol. The molecule has 1 aromatic rings. The number of hydrogen-bond donors (Lipinski definition) is 1. The van der Waals surface area contributed by atoms with Crippen LogP contribution in [-0.2, 0) is 0 Å². The van der Waals surface area contributed by atoms with Gasteiger partial charge in [0.05, 0.1) is 6.61 Å². The first kappa shape index (κ1) is 16.3. The van der Waals surface area contributed by atoms with Gasteiger partial charge in [-0.05, 0) is 50.4 Å².